The van der Waals surface area contributed by atoms with Gasteiger partial charge < -0.3 is 15.0 Å². The van der Waals surface area contributed by atoms with E-state index in [4.69, 9.17) is 0 Å². The number of methoxy groups -OCH3 is 1. The molecule has 1 saturated heterocycles. The minimum Gasteiger partial charge on any atom is -0.465 e. The molecule has 0 radical (unpaired) electrons. The summed E-state index contributed by atoms with van der Waals surface area (Å²) in [6.07, 6.45) is 1.50. The van der Waals surface area contributed by atoms with Gasteiger partial charge in [-0.05, 0) is 37.1 Å². The number of esters is 1. The lowest BCUT2D eigenvalue weighted by Gasteiger charge is -2.22. The van der Waals surface area contributed by atoms with Crippen molar-refractivity contribution in [2.45, 2.75) is 25.8 Å². The maximum absolute atomic E-state index is 12.2. The Bertz CT molecular complexity index is 553. The molecule has 1 heterocycles. The van der Waals surface area contributed by atoms with Crippen LogP contribution < -0.4 is 5.32 Å². The zero-order chi connectivity index (χ0) is 15.4. The van der Waals surface area contributed by atoms with Crippen molar-refractivity contribution in [2.24, 2.45) is 0 Å². The highest BCUT2D eigenvalue weighted by atomic mass is 16.5. The average molecular weight is 290 g/mol. The van der Waals surface area contributed by atoms with Gasteiger partial charge in [0.05, 0.1) is 12.7 Å². The van der Waals surface area contributed by atoms with Crippen LogP contribution >= 0.6 is 0 Å². The molecule has 6 heteroatoms. The highest BCUT2D eigenvalue weighted by Crippen LogP contribution is 2.19. The third-order valence-corrected chi connectivity index (χ3v) is 3.53. The van der Waals surface area contributed by atoms with Crippen LogP contribution in [0.25, 0.3) is 0 Å². The van der Waals surface area contributed by atoms with E-state index in [9.17, 15) is 14.4 Å². The topological polar surface area (TPSA) is 75.7 Å². The van der Waals surface area contributed by atoms with E-state index in [1.165, 1.54) is 14.0 Å². The summed E-state index contributed by atoms with van der Waals surface area (Å²) in [5, 5.41) is 2.77. The fourth-order valence-electron chi connectivity index (χ4n) is 2.45. The minimum atomic E-state index is -0.425. The first kappa shape index (κ1) is 15.0. The van der Waals surface area contributed by atoms with E-state index in [1.54, 1.807) is 29.2 Å². The maximum Gasteiger partial charge on any atom is 0.337 e. The van der Waals surface area contributed by atoms with Gasteiger partial charge in [-0.15, -0.1) is 0 Å². The number of nitrogens with zero attached hydrogens (tertiary/aromatic N) is 1. The van der Waals surface area contributed by atoms with Crippen LogP contribution in [0.4, 0.5) is 5.69 Å². The Morgan fingerprint density at radius 2 is 1.90 bits per heavy atom. The van der Waals surface area contributed by atoms with Crippen molar-refractivity contribution in [1.29, 1.82) is 0 Å². The van der Waals surface area contributed by atoms with E-state index < -0.39 is 12.0 Å². The van der Waals surface area contributed by atoms with Gasteiger partial charge in [0, 0.05) is 19.2 Å². The summed E-state index contributed by atoms with van der Waals surface area (Å²) >= 11 is 0. The number of benzene rings is 1. The van der Waals surface area contributed by atoms with Crippen molar-refractivity contribution in [1.82, 2.24) is 4.90 Å². The number of hydrogen-bond acceptors (Lipinski definition) is 4. The van der Waals surface area contributed by atoms with E-state index >= 15 is 0 Å². The molecule has 6 nitrogen and oxygen atoms in total. The van der Waals surface area contributed by atoms with Crippen LogP contribution in [0.15, 0.2) is 24.3 Å². The smallest absolute Gasteiger partial charge is 0.337 e. The van der Waals surface area contributed by atoms with Crippen LogP contribution in [0, 0.1) is 0 Å². The fourth-order valence-corrected chi connectivity index (χ4v) is 2.45. The van der Waals surface area contributed by atoms with E-state index in [-0.39, 0.29) is 11.8 Å². The van der Waals surface area contributed by atoms with Crippen LogP contribution in [0.1, 0.15) is 30.1 Å². The summed E-state index contributed by atoms with van der Waals surface area (Å²) in [7, 11) is 1.31. The predicted octanol–water partition coefficient (Wildman–Crippen LogP) is 1.42. The SMILES string of the molecule is COC(=O)c1ccc(NC(=O)C2CCCN2C(C)=O)cc1. The van der Waals surface area contributed by atoms with E-state index in [0.717, 1.165) is 6.42 Å². The molecule has 112 valence electrons. The van der Waals surface area contributed by atoms with Crippen LogP contribution in [0.2, 0.25) is 0 Å². The summed E-state index contributed by atoms with van der Waals surface area (Å²) in [5.41, 5.74) is 1.00. The van der Waals surface area contributed by atoms with Gasteiger partial charge in [-0.3, -0.25) is 9.59 Å². The molecule has 0 saturated carbocycles. The number of hydrogen-bond donors (Lipinski definition) is 1. The Balaban J connectivity index is 2.02. The number of ether oxygens (including phenoxy) is 1. The van der Waals surface area contributed by atoms with Crippen LogP contribution in [0.3, 0.4) is 0 Å². The first-order valence-electron chi connectivity index (χ1n) is 6.79. The second kappa shape index (κ2) is 6.39. The van der Waals surface area contributed by atoms with Crippen molar-refractivity contribution >= 4 is 23.5 Å². The van der Waals surface area contributed by atoms with Crippen molar-refractivity contribution < 1.29 is 19.1 Å². The molecule has 2 rings (SSSR count). The predicted molar refractivity (Wildman–Crippen MR) is 76.8 cm³/mol. The van der Waals surface area contributed by atoms with Gasteiger partial charge >= 0.3 is 5.97 Å². The largest absolute Gasteiger partial charge is 0.465 e. The zero-order valence-corrected chi connectivity index (χ0v) is 12.1. The standard InChI is InChI=1S/C15H18N2O4/c1-10(18)17-9-3-4-13(17)14(19)16-12-7-5-11(6-8-12)15(20)21-2/h5-8,13H,3-4,9H2,1-2H3,(H,16,19). The Hall–Kier alpha value is -2.37. The molecule has 1 aromatic carbocycles. The molecule has 0 aliphatic carbocycles. The zero-order valence-electron chi connectivity index (χ0n) is 12.1. The van der Waals surface area contributed by atoms with E-state index in [2.05, 4.69) is 10.1 Å². The molecule has 2 amide bonds. The summed E-state index contributed by atoms with van der Waals surface area (Å²) < 4.78 is 4.61. The Morgan fingerprint density at radius 1 is 1.24 bits per heavy atom. The third-order valence-electron chi connectivity index (χ3n) is 3.53. The molecule has 1 unspecified atom stereocenters. The summed E-state index contributed by atoms with van der Waals surface area (Å²) in [4.78, 5) is 36.6. The molecule has 1 fully saturated rings. The molecule has 0 aromatic heterocycles. The molecule has 21 heavy (non-hydrogen) atoms. The van der Waals surface area contributed by atoms with Gasteiger partial charge in [-0.2, -0.15) is 0 Å². The molecular formula is C15H18N2O4. The summed E-state index contributed by atoms with van der Waals surface area (Å²) in [6, 6.07) is 6.02. The molecule has 1 aromatic rings. The lowest BCUT2D eigenvalue weighted by molar-refractivity contribution is -0.134. The number of carbonyl (C=O) groups is 3. The normalized spacial score (nSPS) is 17.4. The van der Waals surface area contributed by atoms with Crippen LogP contribution in [-0.2, 0) is 14.3 Å². The molecule has 1 aliphatic heterocycles. The first-order valence-corrected chi connectivity index (χ1v) is 6.79. The monoisotopic (exact) mass is 290 g/mol. The van der Waals surface area contributed by atoms with Crippen LogP contribution in [0.5, 0.6) is 0 Å². The van der Waals surface area contributed by atoms with Gasteiger partial charge in [0.1, 0.15) is 6.04 Å². The maximum atomic E-state index is 12.2. The number of likely N-dealkylation sites (tertiary alicyclic amines) is 1. The van der Waals surface area contributed by atoms with Crippen molar-refractivity contribution in [2.75, 3.05) is 19.0 Å². The molecule has 0 bridgehead atoms. The Kier molecular flexibility index (Phi) is 4.57. The minimum absolute atomic E-state index is 0.0892. The molecule has 1 atom stereocenters. The Labute approximate surface area is 123 Å². The van der Waals surface area contributed by atoms with Gasteiger partial charge in [0.25, 0.3) is 0 Å². The Morgan fingerprint density at radius 3 is 2.48 bits per heavy atom. The van der Waals surface area contributed by atoms with Gasteiger partial charge in [-0.1, -0.05) is 0 Å². The highest BCUT2D eigenvalue weighted by Gasteiger charge is 2.32. The number of amides is 2. The summed E-state index contributed by atoms with van der Waals surface area (Å²) in [5.74, 6) is -0.714. The average Bonchev–Trinajstić information content (AvgIpc) is 2.97. The first-order chi connectivity index (χ1) is 10.0. The van der Waals surface area contributed by atoms with Crippen molar-refractivity contribution in [3.63, 3.8) is 0 Å². The van der Waals surface area contributed by atoms with Crippen molar-refractivity contribution in [3.05, 3.63) is 29.8 Å². The fraction of sp³-hybridized carbons (Fsp3) is 0.400. The second-order valence-electron chi connectivity index (χ2n) is 4.93. The van der Waals surface area contributed by atoms with Crippen molar-refractivity contribution in [3.8, 4) is 0 Å². The van der Waals surface area contributed by atoms with Gasteiger partial charge in [-0.25, -0.2) is 4.79 Å². The second-order valence-corrected chi connectivity index (χ2v) is 4.93. The van der Waals surface area contributed by atoms with E-state index in [1.807, 2.05) is 0 Å². The number of anilines is 1. The number of carbonyl (C=O) groups excluding carboxylic acids is 3. The number of nitrogens with one attached hydrogen (secondary N) is 1. The van der Waals surface area contributed by atoms with Gasteiger partial charge in [0.2, 0.25) is 11.8 Å². The molecule has 1 N–H and O–H groups in total. The lowest BCUT2D eigenvalue weighted by Crippen LogP contribution is -2.42. The molecule has 0 spiro atoms. The molecule has 1 aliphatic rings. The highest BCUT2D eigenvalue weighted by molar-refractivity contribution is 5.97. The quantitative estimate of drug-likeness (QED) is 0.854. The number of rotatable bonds is 3. The van der Waals surface area contributed by atoms with E-state index in [0.29, 0.717) is 24.2 Å². The van der Waals surface area contributed by atoms with Crippen LogP contribution in [-0.4, -0.2) is 42.4 Å². The summed E-state index contributed by atoms with van der Waals surface area (Å²) in [6.45, 7) is 2.09. The lowest BCUT2D eigenvalue weighted by atomic mass is 10.1. The molecular weight excluding hydrogens is 272 g/mol. The third kappa shape index (κ3) is 3.39. The van der Waals surface area contributed by atoms with Gasteiger partial charge in [0.15, 0.2) is 0 Å².